The molecule has 1 fully saturated rings. The van der Waals surface area contributed by atoms with Gasteiger partial charge in [-0.15, -0.1) is 0 Å². The van der Waals surface area contributed by atoms with Crippen molar-refractivity contribution in [3.05, 3.63) is 99.8 Å². The van der Waals surface area contributed by atoms with Crippen LogP contribution >= 0.6 is 11.6 Å². The van der Waals surface area contributed by atoms with Gasteiger partial charge in [-0.1, -0.05) is 41.9 Å². The predicted molar refractivity (Wildman–Crippen MR) is 123 cm³/mol. The molecule has 0 radical (unpaired) electrons. The van der Waals surface area contributed by atoms with Gasteiger partial charge in [-0.2, -0.15) is 0 Å². The molecule has 1 N–H and O–H groups in total. The fraction of sp³-hybridized carbons (Fsp3) is 0.154. The molecule has 1 atom stereocenters. The van der Waals surface area contributed by atoms with Crippen molar-refractivity contribution in [2.45, 2.75) is 18.9 Å². The first-order chi connectivity index (χ1) is 16.0. The molecule has 33 heavy (non-hydrogen) atoms. The van der Waals surface area contributed by atoms with Gasteiger partial charge in [0.1, 0.15) is 17.3 Å². The van der Waals surface area contributed by atoms with E-state index in [4.69, 9.17) is 16.3 Å². The molecular formula is C26H19ClFNO4. The van der Waals surface area contributed by atoms with Gasteiger partial charge in [0, 0.05) is 11.3 Å². The Morgan fingerprint density at radius 1 is 1.06 bits per heavy atom. The fourth-order valence-corrected chi connectivity index (χ4v) is 4.52. The molecule has 166 valence electrons. The van der Waals surface area contributed by atoms with Crippen LogP contribution < -0.4 is 9.64 Å². The van der Waals surface area contributed by atoms with Crippen molar-refractivity contribution >= 4 is 34.7 Å². The maximum atomic E-state index is 13.8. The SMILES string of the molecule is O=C1C(=O)N(c2ccc(F)c(Cl)c2)C(c2ccccc2)/C1=C(/O)c1ccc2c(c1)CCCO2. The van der Waals surface area contributed by atoms with Crippen molar-refractivity contribution in [2.75, 3.05) is 11.5 Å². The zero-order valence-corrected chi connectivity index (χ0v) is 18.2. The Labute approximate surface area is 194 Å². The van der Waals surface area contributed by atoms with Gasteiger partial charge in [-0.05, 0) is 60.4 Å². The highest BCUT2D eigenvalue weighted by Gasteiger charge is 2.47. The highest BCUT2D eigenvalue weighted by Crippen LogP contribution is 2.43. The molecule has 2 aliphatic heterocycles. The van der Waals surface area contributed by atoms with Crippen molar-refractivity contribution in [3.63, 3.8) is 0 Å². The quantitative estimate of drug-likeness (QED) is 0.319. The van der Waals surface area contributed by atoms with Gasteiger partial charge in [0.05, 0.1) is 23.2 Å². The van der Waals surface area contributed by atoms with Gasteiger partial charge >= 0.3 is 0 Å². The Morgan fingerprint density at radius 2 is 1.85 bits per heavy atom. The van der Waals surface area contributed by atoms with Crippen molar-refractivity contribution in [3.8, 4) is 5.75 Å². The Morgan fingerprint density at radius 3 is 2.61 bits per heavy atom. The molecule has 3 aromatic rings. The van der Waals surface area contributed by atoms with Gasteiger partial charge in [0.2, 0.25) is 0 Å². The van der Waals surface area contributed by atoms with Crippen molar-refractivity contribution in [1.82, 2.24) is 0 Å². The molecule has 5 nitrogen and oxygen atoms in total. The molecule has 0 saturated carbocycles. The lowest BCUT2D eigenvalue weighted by Crippen LogP contribution is -2.29. The summed E-state index contributed by atoms with van der Waals surface area (Å²) in [5.74, 6) is -1.81. The Kier molecular flexibility index (Phi) is 5.38. The Bertz CT molecular complexity index is 1300. The highest BCUT2D eigenvalue weighted by atomic mass is 35.5. The van der Waals surface area contributed by atoms with Crippen LogP contribution in [0.15, 0.2) is 72.3 Å². The minimum atomic E-state index is -0.903. The van der Waals surface area contributed by atoms with Gasteiger partial charge in [0.15, 0.2) is 0 Å². The number of ketones is 1. The van der Waals surface area contributed by atoms with Crippen molar-refractivity contribution in [2.24, 2.45) is 0 Å². The summed E-state index contributed by atoms with van der Waals surface area (Å²) in [5.41, 5.74) is 2.20. The summed E-state index contributed by atoms with van der Waals surface area (Å²) in [6.07, 6.45) is 1.65. The van der Waals surface area contributed by atoms with Crippen LogP contribution in [-0.4, -0.2) is 23.4 Å². The zero-order chi connectivity index (χ0) is 23.1. The number of anilines is 1. The largest absolute Gasteiger partial charge is 0.507 e. The third-order valence-electron chi connectivity index (χ3n) is 5.92. The normalized spacial score (nSPS) is 19.3. The van der Waals surface area contributed by atoms with Crippen LogP contribution in [-0.2, 0) is 16.0 Å². The topological polar surface area (TPSA) is 66.8 Å². The van der Waals surface area contributed by atoms with E-state index in [1.807, 2.05) is 6.07 Å². The lowest BCUT2D eigenvalue weighted by molar-refractivity contribution is -0.132. The number of halogens is 2. The zero-order valence-electron chi connectivity index (χ0n) is 17.4. The number of aliphatic hydroxyl groups is 1. The van der Waals surface area contributed by atoms with E-state index in [2.05, 4.69) is 0 Å². The summed E-state index contributed by atoms with van der Waals surface area (Å²) in [4.78, 5) is 27.6. The van der Waals surface area contributed by atoms with Crippen LogP contribution in [0.25, 0.3) is 5.76 Å². The molecule has 2 aliphatic rings. The predicted octanol–water partition coefficient (Wildman–Crippen LogP) is 5.43. The van der Waals surface area contributed by atoms with E-state index in [9.17, 15) is 19.1 Å². The number of ether oxygens (including phenoxy) is 1. The van der Waals surface area contributed by atoms with E-state index < -0.39 is 23.5 Å². The number of hydrogen-bond donors (Lipinski definition) is 1. The average molecular weight is 464 g/mol. The number of Topliss-reactive ketones (excluding diaryl/α,β-unsaturated/α-hetero) is 1. The van der Waals surface area contributed by atoms with Crippen LogP contribution in [0.2, 0.25) is 5.02 Å². The second-order valence-electron chi connectivity index (χ2n) is 7.95. The third kappa shape index (κ3) is 3.66. The second kappa shape index (κ2) is 8.37. The second-order valence-corrected chi connectivity index (χ2v) is 8.36. The first-order valence-corrected chi connectivity index (χ1v) is 10.9. The minimum Gasteiger partial charge on any atom is -0.507 e. The van der Waals surface area contributed by atoms with E-state index in [1.165, 1.54) is 17.0 Å². The van der Waals surface area contributed by atoms with Gasteiger partial charge in [0.25, 0.3) is 11.7 Å². The monoisotopic (exact) mass is 463 g/mol. The van der Waals surface area contributed by atoms with E-state index >= 15 is 0 Å². The van der Waals surface area contributed by atoms with Crippen LogP contribution in [0, 0.1) is 5.82 Å². The van der Waals surface area contributed by atoms with Crippen molar-refractivity contribution < 1.29 is 23.8 Å². The lowest BCUT2D eigenvalue weighted by Gasteiger charge is -2.25. The van der Waals surface area contributed by atoms with Crippen LogP contribution in [0.5, 0.6) is 5.75 Å². The number of hydrogen-bond acceptors (Lipinski definition) is 4. The molecule has 5 rings (SSSR count). The highest BCUT2D eigenvalue weighted by molar-refractivity contribution is 6.51. The van der Waals surface area contributed by atoms with Gasteiger partial charge in [-0.3, -0.25) is 14.5 Å². The summed E-state index contributed by atoms with van der Waals surface area (Å²) in [6, 6.07) is 17.1. The summed E-state index contributed by atoms with van der Waals surface area (Å²) in [5, 5.41) is 11.1. The van der Waals surface area contributed by atoms with Gasteiger partial charge in [-0.25, -0.2) is 4.39 Å². The van der Waals surface area contributed by atoms with Gasteiger partial charge < -0.3 is 9.84 Å². The molecule has 0 bridgehead atoms. The molecule has 3 aromatic carbocycles. The number of benzene rings is 3. The maximum absolute atomic E-state index is 13.8. The fourth-order valence-electron chi connectivity index (χ4n) is 4.35. The van der Waals surface area contributed by atoms with E-state index in [0.717, 1.165) is 30.2 Å². The molecule has 0 spiro atoms. The number of carbonyl (C=O) groups excluding carboxylic acids is 2. The maximum Gasteiger partial charge on any atom is 0.300 e. The summed E-state index contributed by atoms with van der Waals surface area (Å²) in [6.45, 7) is 0.637. The number of fused-ring (bicyclic) bond motifs is 1. The number of rotatable bonds is 3. The number of aryl methyl sites for hydroxylation is 1. The van der Waals surface area contributed by atoms with Crippen molar-refractivity contribution in [1.29, 1.82) is 0 Å². The standard InChI is InChI=1S/C26H19ClFNO4/c27-19-14-18(9-10-20(19)28)29-23(15-5-2-1-3-6-15)22(25(31)26(29)32)24(30)17-8-11-21-16(13-17)7-4-12-33-21/h1-3,5-6,8-11,13-14,23,30H,4,7,12H2/b24-22-. The molecule has 1 unspecified atom stereocenters. The number of carbonyl (C=O) groups is 2. The first-order valence-electron chi connectivity index (χ1n) is 10.5. The molecule has 0 aromatic heterocycles. The minimum absolute atomic E-state index is 0.0386. The third-order valence-corrected chi connectivity index (χ3v) is 6.21. The molecule has 0 aliphatic carbocycles. The van der Waals surface area contributed by atoms with Crippen LogP contribution in [0.4, 0.5) is 10.1 Å². The van der Waals surface area contributed by atoms with E-state index in [0.29, 0.717) is 17.7 Å². The molecule has 7 heteroatoms. The number of amides is 1. The first kappa shape index (κ1) is 21.2. The van der Waals surface area contributed by atoms with Crippen LogP contribution in [0.3, 0.4) is 0 Å². The van der Waals surface area contributed by atoms with E-state index in [1.54, 1.807) is 42.5 Å². The molecule has 1 saturated heterocycles. The molecular weight excluding hydrogens is 445 g/mol. The molecule has 2 heterocycles. The smallest absolute Gasteiger partial charge is 0.300 e. The molecule has 1 amide bonds. The van der Waals surface area contributed by atoms with E-state index in [-0.39, 0.29) is 22.0 Å². The average Bonchev–Trinajstić information content (AvgIpc) is 3.11. The Hall–Kier alpha value is -3.64. The Balaban J connectivity index is 1.69. The summed E-state index contributed by atoms with van der Waals surface area (Å²) < 4.78 is 19.4. The summed E-state index contributed by atoms with van der Waals surface area (Å²) in [7, 11) is 0. The number of nitrogens with zero attached hydrogens (tertiary/aromatic N) is 1. The number of aliphatic hydroxyl groups excluding tert-OH is 1. The summed E-state index contributed by atoms with van der Waals surface area (Å²) >= 11 is 5.96. The van der Waals surface area contributed by atoms with Crippen LogP contribution in [0.1, 0.15) is 29.2 Å². The lowest BCUT2D eigenvalue weighted by atomic mass is 9.94.